The van der Waals surface area contributed by atoms with Crippen molar-refractivity contribution < 1.29 is 9.90 Å². The number of aromatic nitrogens is 6. The van der Waals surface area contributed by atoms with Gasteiger partial charge in [0.15, 0.2) is 0 Å². The zero-order chi connectivity index (χ0) is 11.4. The van der Waals surface area contributed by atoms with Crippen LogP contribution in [0.2, 0.25) is 0 Å². The molecule has 0 unspecified atom stereocenters. The summed E-state index contributed by atoms with van der Waals surface area (Å²) in [5, 5.41) is 20.2. The number of tetrazole rings is 1. The Kier molecular flexibility index (Phi) is 3.05. The molecular weight excluding hydrogens is 232 g/mol. The number of hydrogen-bond donors (Lipinski definition) is 1. The first-order valence-electron chi connectivity index (χ1n) is 4.17. The number of carboxylic acid groups (broad SMARTS) is 1. The van der Waals surface area contributed by atoms with E-state index in [0.29, 0.717) is 10.2 Å². The van der Waals surface area contributed by atoms with Crippen molar-refractivity contribution >= 4 is 17.7 Å². The van der Waals surface area contributed by atoms with Crippen LogP contribution in [0.1, 0.15) is 0 Å². The van der Waals surface area contributed by atoms with Crippen LogP contribution in [0.5, 0.6) is 0 Å². The summed E-state index contributed by atoms with van der Waals surface area (Å²) in [6.07, 6.45) is 4.63. The second-order valence-electron chi connectivity index (χ2n) is 2.66. The van der Waals surface area contributed by atoms with Gasteiger partial charge in [-0.25, -0.2) is 9.67 Å². The van der Waals surface area contributed by atoms with Gasteiger partial charge in [-0.1, -0.05) is 0 Å². The molecule has 2 rings (SSSR count). The fraction of sp³-hybridized carbons (Fsp3) is 0.143. The van der Waals surface area contributed by atoms with Crippen LogP contribution in [0.3, 0.4) is 0 Å². The van der Waals surface area contributed by atoms with Gasteiger partial charge in [-0.3, -0.25) is 9.78 Å². The van der Waals surface area contributed by atoms with Crippen molar-refractivity contribution in [2.24, 2.45) is 0 Å². The number of hydrogen-bond acceptors (Lipinski definition) is 7. The Morgan fingerprint density at radius 1 is 1.50 bits per heavy atom. The second-order valence-corrected chi connectivity index (χ2v) is 3.65. The summed E-state index contributed by atoms with van der Waals surface area (Å²) < 4.78 is 1.18. The largest absolute Gasteiger partial charge is 0.480 e. The first-order chi connectivity index (χ1) is 7.75. The molecule has 82 valence electrons. The molecule has 9 heteroatoms. The molecule has 0 aliphatic heterocycles. The molecule has 0 amide bonds. The van der Waals surface area contributed by atoms with Gasteiger partial charge >= 0.3 is 5.97 Å². The predicted molar refractivity (Wildman–Crippen MR) is 51.6 cm³/mol. The van der Waals surface area contributed by atoms with Gasteiger partial charge in [0, 0.05) is 12.4 Å². The van der Waals surface area contributed by atoms with Crippen LogP contribution in [0.4, 0.5) is 0 Å². The zero-order valence-corrected chi connectivity index (χ0v) is 8.70. The summed E-state index contributed by atoms with van der Waals surface area (Å²) in [4.78, 5) is 18.4. The minimum absolute atomic E-state index is 0.282. The molecule has 0 aromatic carbocycles. The van der Waals surface area contributed by atoms with Crippen LogP contribution < -0.4 is 0 Å². The normalized spacial score (nSPS) is 10.2. The zero-order valence-electron chi connectivity index (χ0n) is 7.89. The van der Waals surface area contributed by atoms with E-state index < -0.39 is 5.97 Å². The van der Waals surface area contributed by atoms with E-state index >= 15 is 0 Å². The van der Waals surface area contributed by atoms with Gasteiger partial charge in [-0.05, 0) is 22.2 Å². The van der Waals surface area contributed by atoms with Crippen LogP contribution >= 0.6 is 11.8 Å². The lowest BCUT2D eigenvalue weighted by atomic mass is 10.7. The van der Waals surface area contributed by atoms with Crippen LogP contribution in [0.25, 0.3) is 0 Å². The lowest BCUT2D eigenvalue weighted by Gasteiger charge is -1.99. The molecule has 16 heavy (non-hydrogen) atoms. The molecule has 0 saturated carbocycles. The number of carbonyl (C=O) groups is 1. The predicted octanol–water partition coefficient (Wildman–Crippen LogP) is -0.301. The number of rotatable bonds is 4. The van der Waals surface area contributed by atoms with E-state index in [1.165, 1.54) is 10.9 Å². The topological polar surface area (TPSA) is 107 Å². The molecule has 0 atom stereocenters. The van der Waals surface area contributed by atoms with E-state index in [1.54, 1.807) is 12.4 Å². The molecule has 0 aliphatic carbocycles. The molecule has 1 N–H and O–H groups in total. The number of nitrogens with zero attached hydrogens (tertiary/aromatic N) is 6. The van der Waals surface area contributed by atoms with E-state index in [0.717, 1.165) is 11.8 Å². The third-order valence-electron chi connectivity index (χ3n) is 1.52. The highest BCUT2D eigenvalue weighted by Crippen LogP contribution is 2.21. The maximum atomic E-state index is 10.5. The Hall–Kier alpha value is -2.03. The SMILES string of the molecule is O=C(O)Cn1nnnc1Sc1cnccn1. The lowest BCUT2D eigenvalue weighted by Crippen LogP contribution is -2.11. The molecule has 2 aromatic rings. The fourth-order valence-electron chi connectivity index (χ4n) is 0.929. The van der Waals surface area contributed by atoms with E-state index in [2.05, 4.69) is 25.5 Å². The summed E-state index contributed by atoms with van der Waals surface area (Å²) in [6.45, 7) is -0.282. The first kappa shape index (κ1) is 10.5. The van der Waals surface area contributed by atoms with Gasteiger partial charge < -0.3 is 5.11 Å². The van der Waals surface area contributed by atoms with Crippen molar-refractivity contribution in [3.63, 3.8) is 0 Å². The summed E-state index contributed by atoms with van der Waals surface area (Å²) >= 11 is 1.15. The minimum atomic E-state index is -1.01. The van der Waals surface area contributed by atoms with Gasteiger partial charge in [-0.15, -0.1) is 5.10 Å². The van der Waals surface area contributed by atoms with Crippen molar-refractivity contribution in [1.29, 1.82) is 0 Å². The molecule has 0 saturated heterocycles. The molecule has 2 heterocycles. The smallest absolute Gasteiger partial charge is 0.325 e. The van der Waals surface area contributed by atoms with E-state index in [9.17, 15) is 4.79 Å². The Morgan fingerprint density at radius 2 is 2.38 bits per heavy atom. The number of carboxylic acids is 1. The standard InChI is InChI=1S/C7H6N6O2S/c14-6(15)4-13-7(10-11-12-13)16-5-3-8-1-2-9-5/h1-3H,4H2,(H,14,15). The molecule has 0 bridgehead atoms. The van der Waals surface area contributed by atoms with E-state index in [4.69, 9.17) is 5.11 Å². The first-order valence-corrected chi connectivity index (χ1v) is 4.99. The maximum Gasteiger partial charge on any atom is 0.325 e. The van der Waals surface area contributed by atoms with Crippen LogP contribution in [0.15, 0.2) is 28.8 Å². The van der Waals surface area contributed by atoms with E-state index in [1.807, 2.05) is 0 Å². The van der Waals surface area contributed by atoms with Gasteiger partial charge in [0.25, 0.3) is 0 Å². The molecule has 0 spiro atoms. The molecule has 0 fully saturated rings. The molecule has 8 nitrogen and oxygen atoms in total. The highest BCUT2D eigenvalue weighted by Gasteiger charge is 2.11. The highest BCUT2D eigenvalue weighted by molar-refractivity contribution is 7.99. The Balaban J connectivity index is 2.16. The third-order valence-corrected chi connectivity index (χ3v) is 2.41. The van der Waals surface area contributed by atoms with Crippen molar-refractivity contribution in [1.82, 2.24) is 30.2 Å². The van der Waals surface area contributed by atoms with Gasteiger partial charge in [0.1, 0.15) is 11.6 Å². The quantitative estimate of drug-likeness (QED) is 0.773. The Labute approximate surface area is 93.7 Å². The van der Waals surface area contributed by atoms with Crippen LogP contribution in [0, 0.1) is 0 Å². The minimum Gasteiger partial charge on any atom is -0.480 e. The Bertz CT molecular complexity index is 487. The highest BCUT2D eigenvalue weighted by atomic mass is 32.2. The summed E-state index contributed by atoms with van der Waals surface area (Å²) in [5.41, 5.74) is 0. The number of aliphatic carboxylic acids is 1. The van der Waals surface area contributed by atoms with Gasteiger partial charge in [0.05, 0.1) is 6.20 Å². The lowest BCUT2D eigenvalue weighted by molar-refractivity contribution is -0.138. The van der Waals surface area contributed by atoms with Crippen molar-refractivity contribution in [2.75, 3.05) is 0 Å². The molecule has 2 aromatic heterocycles. The van der Waals surface area contributed by atoms with Crippen molar-refractivity contribution in [3.05, 3.63) is 18.6 Å². The van der Waals surface area contributed by atoms with Gasteiger partial charge in [-0.2, -0.15) is 0 Å². The maximum absolute atomic E-state index is 10.5. The summed E-state index contributed by atoms with van der Waals surface area (Å²) in [6, 6.07) is 0. The molecule has 0 aliphatic rings. The average Bonchev–Trinajstić information content (AvgIpc) is 2.66. The Morgan fingerprint density at radius 3 is 3.06 bits per heavy atom. The van der Waals surface area contributed by atoms with Gasteiger partial charge in [0.2, 0.25) is 5.16 Å². The monoisotopic (exact) mass is 238 g/mol. The molecular formula is C7H6N6O2S. The third kappa shape index (κ3) is 2.51. The molecule has 0 radical (unpaired) electrons. The van der Waals surface area contributed by atoms with Crippen molar-refractivity contribution in [3.8, 4) is 0 Å². The fourth-order valence-corrected chi connectivity index (χ4v) is 1.63. The average molecular weight is 238 g/mol. The summed E-state index contributed by atoms with van der Waals surface area (Å²) in [7, 11) is 0. The summed E-state index contributed by atoms with van der Waals surface area (Å²) in [5.74, 6) is -1.01. The van der Waals surface area contributed by atoms with Crippen molar-refractivity contribution in [2.45, 2.75) is 16.7 Å². The van der Waals surface area contributed by atoms with E-state index in [-0.39, 0.29) is 6.54 Å². The van der Waals surface area contributed by atoms with Crippen LogP contribution in [-0.4, -0.2) is 41.3 Å². The van der Waals surface area contributed by atoms with Crippen LogP contribution in [-0.2, 0) is 11.3 Å². The second kappa shape index (κ2) is 4.66.